The summed E-state index contributed by atoms with van der Waals surface area (Å²) in [6.45, 7) is 15.3. The summed E-state index contributed by atoms with van der Waals surface area (Å²) in [4.78, 5) is 0. The Bertz CT molecular complexity index is 288. The molecule has 0 spiro atoms. The molecule has 1 saturated carbocycles. The molecule has 126 valence electrons. The molecule has 1 N–H and O–H groups in total. The van der Waals surface area contributed by atoms with E-state index in [-0.39, 0.29) is 11.7 Å². The molecule has 0 aromatic carbocycles. The molecule has 1 aliphatic rings. The Hall–Kier alpha value is -0.120. The summed E-state index contributed by atoms with van der Waals surface area (Å²) in [5.41, 5.74) is 0.403. The van der Waals surface area contributed by atoms with Gasteiger partial charge in [-0.05, 0) is 43.9 Å². The van der Waals surface area contributed by atoms with Crippen LogP contribution in [0.1, 0.15) is 67.2 Å². The molecule has 0 aromatic heterocycles. The van der Waals surface area contributed by atoms with Crippen molar-refractivity contribution in [3.63, 3.8) is 0 Å². The fourth-order valence-electron chi connectivity index (χ4n) is 3.43. The third-order valence-electron chi connectivity index (χ3n) is 4.81. The Labute approximate surface area is 132 Å². The summed E-state index contributed by atoms with van der Waals surface area (Å²) in [6, 6.07) is 0.503. The van der Waals surface area contributed by atoms with Crippen LogP contribution < -0.4 is 5.32 Å². The van der Waals surface area contributed by atoms with Gasteiger partial charge in [-0.25, -0.2) is 0 Å². The zero-order valence-corrected chi connectivity index (χ0v) is 15.3. The lowest BCUT2D eigenvalue weighted by Crippen LogP contribution is -2.50. The minimum atomic E-state index is -0.00995. The van der Waals surface area contributed by atoms with Crippen molar-refractivity contribution in [3.8, 4) is 0 Å². The van der Waals surface area contributed by atoms with Crippen molar-refractivity contribution >= 4 is 0 Å². The van der Waals surface area contributed by atoms with Gasteiger partial charge in [0, 0.05) is 19.7 Å². The second kappa shape index (κ2) is 7.94. The van der Waals surface area contributed by atoms with E-state index in [0.717, 1.165) is 25.3 Å². The van der Waals surface area contributed by atoms with Gasteiger partial charge < -0.3 is 14.8 Å². The molecule has 0 aromatic rings. The number of nitrogens with one attached hydrogen (secondary N) is 1. The molecule has 21 heavy (non-hydrogen) atoms. The highest BCUT2D eigenvalue weighted by atomic mass is 16.5. The quantitative estimate of drug-likeness (QED) is 0.770. The zero-order valence-electron chi connectivity index (χ0n) is 15.3. The first-order valence-corrected chi connectivity index (χ1v) is 8.59. The summed E-state index contributed by atoms with van der Waals surface area (Å²) < 4.78 is 11.7. The number of ether oxygens (including phenoxy) is 2. The average molecular weight is 299 g/mol. The van der Waals surface area contributed by atoms with Crippen molar-refractivity contribution in [1.29, 1.82) is 0 Å². The van der Waals surface area contributed by atoms with Gasteiger partial charge in [0.25, 0.3) is 0 Å². The average Bonchev–Trinajstić information content (AvgIpc) is 2.36. The van der Waals surface area contributed by atoms with Crippen LogP contribution in [0.25, 0.3) is 0 Å². The van der Waals surface area contributed by atoms with Gasteiger partial charge in [0.2, 0.25) is 0 Å². The molecule has 3 heteroatoms. The summed E-state index contributed by atoms with van der Waals surface area (Å²) in [6.07, 6.45) is 5.01. The molecule has 0 saturated heterocycles. The van der Waals surface area contributed by atoms with Crippen LogP contribution in [0.5, 0.6) is 0 Å². The molecule has 1 rings (SSSR count). The van der Waals surface area contributed by atoms with Gasteiger partial charge in [0.1, 0.15) is 0 Å². The number of methoxy groups -OCH3 is 1. The molecule has 1 fully saturated rings. The Morgan fingerprint density at radius 1 is 1.14 bits per heavy atom. The Balaban J connectivity index is 2.66. The number of rotatable bonds is 7. The lowest BCUT2D eigenvalue weighted by molar-refractivity contribution is -0.133. The largest absolute Gasteiger partial charge is 0.382 e. The van der Waals surface area contributed by atoms with E-state index in [0.29, 0.717) is 18.1 Å². The maximum absolute atomic E-state index is 6.44. The Morgan fingerprint density at radius 3 is 2.14 bits per heavy atom. The minimum Gasteiger partial charge on any atom is -0.382 e. The summed E-state index contributed by atoms with van der Waals surface area (Å²) >= 11 is 0. The fraction of sp³-hybridized carbons (Fsp3) is 1.00. The van der Waals surface area contributed by atoms with Crippen LogP contribution in [0.3, 0.4) is 0 Å². The van der Waals surface area contributed by atoms with Crippen LogP contribution in [0.15, 0.2) is 0 Å². The highest BCUT2D eigenvalue weighted by molar-refractivity contribution is 4.93. The van der Waals surface area contributed by atoms with E-state index in [1.807, 2.05) is 0 Å². The molecule has 0 amide bonds. The predicted octanol–water partition coefficient (Wildman–Crippen LogP) is 4.01. The molecule has 0 bridgehead atoms. The van der Waals surface area contributed by atoms with Gasteiger partial charge >= 0.3 is 0 Å². The molecule has 0 aliphatic heterocycles. The minimum absolute atomic E-state index is 0.00995. The number of hydrogen-bond donors (Lipinski definition) is 1. The zero-order chi connectivity index (χ0) is 16.1. The van der Waals surface area contributed by atoms with Crippen LogP contribution in [-0.4, -0.2) is 38.0 Å². The highest BCUT2D eigenvalue weighted by Crippen LogP contribution is 2.43. The smallest absolute Gasteiger partial charge is 0.0811 e. The topological polar surface area (TPSA) is 30.5 Å². The first-order chi connectivity index (χ1) is 9.68. The lowest BCUT2D eigenvalue weighted by atomic mass is 9.68. The van der Waals surface area contributed by atoms with Crippen LogP contribution in [0.2, 0.25) is 0 Å². The predicted molar refractivity (Wildman–Crippen MR) is 89.7 cm³/mol. The van der Waals surface area contributed by atoms with Gasteiger partial charge in [-0.3, -0.25) is 0 Å². The molecular weight excluding hydrogens is 262 g/mol. The molecule has 1 unspecified atom stereocenters. The van der Waals surface area contributed by atoms with Crippen molar-refractivity contribution in [2.24, 2.45) is 11.3 Å². The lowest BCUT2D eigenvalue weighted by Gasteiger charge is -2.45. The van der Waals surface area contributed by atoms with Gasteiger partial charge in [-0.15, -0.1) is 0 Å². The van der Waals surface area contributed by atoms with Gasteiger partial charge in [0.15, 0.2) is 0 Å². The van der Waals surface area contributed by atoms with Crippen LogP contribution >= 0.6 is 0 Å². The molecular formula is C18H37NO2. The van der Waals surface area contributed by atoms with E-state index in [4.69, 9.17) is 9.47 Å². The summed E-state index contributed by atoms with van der Waals surface area (Å²) in [5, 5.41) is 3.59. The standard InChI is InChI=1S/C18H37NO2/c1-14(2)19-13-18(21-15(3)12-20-7)10-8-16(9-11-18)17(4,5)6/h14-16,19H,8-13H2,1-7H3. The third-order valence-corrected chi connectivity index (χ3v) is 4.81. The molecule has 0 radical (unpaired) electrons. The normalized spacial score (nSPS) is 28.9. The summed E-state index contributed by atoms with van der Waals surface area (Å²) in [5.74, 6) is 0.811. The molecule has 1 aliphatic carbocycles. The number of hydrogen-bond acceptors (Lipinski definition) is 3. The van der Waals surface area contributed by atoms with Crippen molar-refractivity contribution < 1.29 is 9.47 Å². The monoisotopic (exact) mass is 299 g/mol. The maximum atomic E-state index is 6.44. The molecule has 3 nitrogen and oxygen atoms in total. The second-order valence-electron chi connectivity index (χ2n) is 8.24. The van der Waals surface area contributed by atoms with Crippen molar-refractivity contribution in [2.75, 3.05) is 20.3 Å². The second-order valence-corrected chi connectivity index (χ2v) is 8.24. The molecule has 1 atom stereocenters. The van der Waals surface area contributed by atoms with Crippen molar-refractivity contribution in [3.05, 3.63) is 0 Å². The first-order valence-electron chi connectivity index (χ1n) is 8.59. The van der Waals surface area contributed by atoms with E-state index in [2.05, 4.69) is 46.9 Å². The van der Waals surface area contributed by atoms with Crippen molar-refractivity contribution in [1.82, 2.24) is 5.32 Å². The Morgan fingerprint density at radius 2 is 1.71 bits per heavy atom. The molecule has 0 heterocycles. The van der Waals surface area contributed by atoms with Crippen LogP contribution in [-0.2, 0) is 9.47 Å². The van der Waals surface area contributed by atoms with E-state index in [1.165, 1.54) is 12.8 Å². The first kappa shape index (κ1) is 18.9. The van der Waals surface area contributed by atoms with E-state index < -0.39 is 0 Å². The Kier molecular flexibility index (Phi) is 7.15. The van der Waals surface area contributed by atoms with E-state index >= 15 is 0 Å². The van der Waals surface area contributed by atoms with Crippen LogP contribution in [0.4, 0.5) is 0 Å². The van der Waals surface area contributed by atoms with E-state index in [9.17, 15) is 0 Å². The van der Waals surface area contributed by atoms with E-state index in [1.54, 1.807) is 7.11 Å². The SMILES string of the molecule is COCC(C)OC1(CNC(C)C)CCC(C(C)(C)C)CC1. The highest BCUT2D eigenvalue weighted by Gasteiger charge is 2.40. The van der Waals surface area contributed by atoms with Gasteiger partial charge in [-0.1, -0.05) is 34.6 Å². The third kappa shape index (κ3) is 6.25. The summed E-state index contributed by atoms with van der Waals surface area (Å²) in [7, 11) is 1.75. The fourth-order valence-corrected chi connectivity index (χ4v) is 3.43. The maximum Gasteiger partial charge on any atom is 0.0811 e. The van der Waals surface area contributed by atoms with Crippen molar-refractivity contribution in [2.45, 2.75) is 85.0 Å². The van der Waals surface area contributed by atoms with Crippen LogP contribution in [0, 0.1) is 11.3 Å². The van der Waals surface area contributed by atoms with Gasteiger partial charge in [-0.2, -0.15) is 0 Å². The van der Waals surface area contributed by atoms with Gasteiger partial charge in [0.05, 0.1) is 18.3 Å².